The number of amides is 1. The van der Waals surface area contributed by atoms with Crippen molar-refractivity contribution in [1.29, 1.82) is 0 Å². The number of nitrogens with one attached hydrogen (secondary N) is 1. The molecule has 0 spiro atoms. The fourth-order valence-electron chi connectivity index (χ4n) is 3.57. The maximum Gasteiger partial charge on any atom is 0.264 e. The lowest BCUT2D eigenvalue weighted by Gasteiger charge is -2.24. The molecule has 10 heteroatoms. The summed E-state index contributed by atoms with van der Waals surface area (Å²) in [7, 11) is -4.04. The van der Waals surface area contributed by atoms with E-state index in [1.54, 1.807) is 54.6 Å². The van der Waals surface area contributed by atoms with Crippen molar-refractivity contribution in [2.45, 2.75) is 18.7 Å². The number of ether oxygens (including phenoxy) is 3. The molecule has 3 aromatic carbocycles. The fourth-order valence-corrected chi connectivity index (χ4v) is 4.99. The van der Waals surface area contributed by atoms with Crippen LogP contribution in [-0.2, 0) is 14.8 Å². The smallest absolute Gasteiger partial charge is 0.264 e. The van der Waals surface area contributed by atoms with Gasteiger partial charge in [-0.3, -0.25) is 9.10 Å². The van der Waals surface area contributed by atoms with E-state index in [-0.39, 0.29) is 4.90 Å². The Kier molecular flexibility index (Phi) is 7.74. The zero-order chi connectivity index (χ0) is 25.5. The first-order chi connectivity index (χ1) is 17.4. The van der Waals surface area contributed by atoms with Gasteiger partial charge < -0.3 is 14.2 Å². The van der Waals surface area contributed by atoms with Crippen molar-refractivity contribution in [2.24, 2.45) is 5.10 Å². The topological polar surface area (TPSA) is 107 Å². The Morgan fingerprint density at radius 2 is 1.78 bits per heavy atom. The van der Waals surface area contributed by atoms with Gasteiger partial charge in [0, 0.05) is 5.56 Å². The molecular weight excluding hydrogens is 482 g/mol. The molecule has 0 aliphatic carbocycles. The second kappa shape index (κ2) is 11.1. The molecule has 1 N–H and O–H groups in total. The van der Waals surface area contributed by atoms with Crippen LogP contribution in [0.5, 0.6) is 17.2 Å². The first-order valence-corrected chi connectivity index (χ1v) is 12.9. The van der Waals surface area contributed by atoms with Crippen LogP contribution in [0.2, 0.25) is 0 Å². The van der Waals surface area contributed by atoms with Crippen molar-refractivity contribution in [3.05, 3.63) is 77.9 Å². The quantitative estimate of drug-likeness (QED) is 0.350. The Labute approximate surface area is 210 Å². The number of sulfonamides is 1. The Balaban J connectivity index is 1.55. The standard InChI is InChI=1S/C26H27N3O6S/c1-3-33-22-11-9-21(10-12-22)29(36(31,32)23-13-7-19(2)8-14-23)18-25(30)28-27-17-20-5-4-6-24-26(20)35-16-15-34-24/h4-14,17H,3,15-16,18H2,1-2H3,(H,28,30)/b27-17-. The third-order valence-electron chi connectivity index (χ3n) is 5.32. The maximum atomic E-state index is 13.5. The van der Waals surface area contributed by atoms with Gasteiger partial charge in [-0.2, -0.15) is 5.10 Å². The third kappa shape index (κ3) is 5.77. The summed E-state index contributed by atoms with van der Waals surface area (Å²) in [6, 6.07) is 18.3. The van der Waals surface area contributed by atoms with E-state index in [1.807, 2.05) is 13.8 Å². The summed E-state index contributed by atoms with van der Waals surface area (Å²) in [4.78, 5) is 12.9. The van der Waals surface area contributed by atoms with Crippen LogP contribution in [0, 0.1) is 6.92 Å². The number of benzene rings is 3. The Morgan fingerprint density at radius 3 is 2.50 bits per heavy atom. The van der Waals surface area contributed by atoms with Crippen molar-refractivity contribution in [1.82, 2.24) is 5.43 Å². The SMILES string of the molecule is CCOc1ccc(N(CC(=O)N/N=C\c2cccc3c2OCCO3)S(=O)(=O)c2ccc(C)cc2)cc1. The normalized spacial score (nSPS) is 12.8. The molecule has 0 atom stereocenters. The van der Waals surface area contributed by atoms with Gasteiger partial charge in [-0.1, -0.05) is 23.8 Å². The van der Waals surface area contributed by atoms with E-state index >= 15 is 0 Å². The van der Waals surface area contributed by atoms with Crippen LogP contribution in [-0.4, -0.2) is 46.9 Å². The summed E-state index contributed by atoms with van der Waals surface area (Å²) in [5.74, 6) is 1.13. The summed E-state index contributed by atoms with van der Waals surface area (Å²) < 4.78 is 44.7. The van der Waals surface area contributed by atoms with Gasteiger partial charge in [0.2, 0.25) is 0 Å². The molecule has 0 unspecified atom stereocenters. The van der Waals surface area contributed by atoms with Crippen LogP contribution >= 0.6 is 0 Å². The molecular formula is C26H27N3O6S. The lowest BCUT2D eigenvalue weighted by atomic mass is 10.2. The number of carbonyl (C=O) groups excluding carboxylic acids is 1. The fraction of sp³-hybridized carbons (Fsp3) is 0.231. The molecule has 0 saturated carbocycles. The number of carbonyl (C=O) groups is 1. The molecule has 0 bridgehead atoms. The molecule has 4 rings (SSSR count). The van der Waals surface area contributed by atoms with E-state index in [0.29, 0.717) is 48.3 Å². The van der Waals surface area contributed by atoms with Gasteiger partial charge in [0.1, 0.15) is 25.5 Å². The highest BCUT2D eigenvalue weighted by molar-refractivity contribution is 7.92. The van der Waals surface area contributed by atoms with Crippen LogP contribution < -0.4 is 23.9 Å². The van der Waals surface area contributed by atoms with Crippen LogP contribution in [0.25, 0.3) is 0 Å². The highest BCUT2D eigenvalue weighted by Gasteiger charge is 2.27. The zero-order valence-corrected chi connectivity index (χ0v) is 20.8. The second-order valence-electron chi connectivity index (χ2n) is 7.92. The summed E-state index contributed by atoms with van der Waals surface area (Å²) in [5.41, 5.74) is 4.28. The van der Waals surface area contributed by atoms with Gasteiger partial charge in [0.15, 0.2) is 11.5 Å². The summed E-state index contributed by atoms with van der Waals surface area (Å²) in [6.07, 6.45) is 1.43. The van der Waals surface area contributed by atoms with E-state index in [0.717, 1.165) is 9.87 Å². The monoisotopic (exact) mass is 509 g/mol. The number of hydrogen-bond acceptors (Lipinski definition) is 7. The minimum Gasteiger partial charge on any atom is -0.494 e. The lowest BCUT2D eigenvalue weighted by Crippen LogP contribution is -2.39. The minimum atomic E-state index is -4.04. The number of hydrogen-bond donors (Lipinski definition) is 1. The predicted molar refractivity (Wildman–Crippen MR) is 136 cm³/mol. The number of rotatable bonds is 9. The number of anilines is 1. The average Bonchev–Trinajstić information content (AvgIpc) is 2.88. The molecule has 1 aliphatic rings. The molecule has 9 nitrogen and oxygen atoms in total. The van der Waals surface area contributed by atoms with Crippen LogP contribution in [0.1, 0.15) is 18.1 Å². The van der Waals surface area contributed by atoms with Crippen molar-refractivity contribution >= 4 is 27.8 Å². The molecule has 1 amide bonds. The summed E-state index contributed by atoms with van der Waals surface area (Å²) in [6.45, 7) is 4.60. The third-order valence-corrected chi connectivity index (χ3v) is 7.11. The summed E-state index contributed by atoms with van der Waals surface area (Å²) in [5, 5.41) is 4.00. The largest absolute Gasteiger partial charge is 0.494 e. The number of nitrogens with zero attached hydrogens (tertiary/aromatic N) is 2. The van der Waals surface area contributed by atoms with Gasteiger partial charge in [0.05, 0.1) is 23.4 Å². The first-order valence-electron chi connectivity index (χ1n) is 11.4. The molecule has 1 heterocycles. The molecule has 188 valence electrons. The first kappa shape index (κ1) is 25.1. The number of fused-ring (bicyclic) bond motifs is 1. The molecule has 3 aromatic rings. The maximum absolute atomic E-state index is 13.5. The Morgan fingerprint density at radius 1 is 1.06 bits per heavy atom. The molecule has 1 aliphatic heterocycles. The van der Waals surface area contributed by atoms with Gasteiger partial charge in [-0.15, -0.1) is 0 Å². The summed E-state index contributed by atoms with van der Waals surface area (Å²) >= 11 is 0. The van der Waals surface area contributed by atoms with Crippen molar-refractivity contribution < 1.29 is 27.4 Å². The molecule has 0 aromatic heterocycles. The molecule has 0 radical (unpaired) electrons. The van der Waals surface area contributed by atoms with Gasteiger partial charge >= 0.3 is 0 Å². The van der Waals surface area contributed by atoms with Gasteiger partial charge in [-0.05, 0) is 62.4 Å². The van der Waals surface area contributed by atoms with E-state index in [1.165, 1.54) is 18.3 Å². The van der Waals surface area contributed by atoms with E-state index in [2.05, 4.69) is 10.5 Å². The highest BCUT2D eigenvalue weighted by atomic mass is 32.2. The molecule has 36 heavy (non-hydrogen) atoms. The molecule has 0 fully saturated rings. The second-order valence-corrected chi connectivity index (χ2v) is 9.78. The number of para-hydroxylation sites is 1. The van der Waals surface area contributed by atoms with E-state index in [4.69, 9.17) is 14.2 Å². The van der Waals surface area contributed by atoms with Gasteiger partial charge in [0.25, 0.3) is 15.9 Å². The zero-order valence-electron chi connectivity index (χ0n) is 20.0. The van der Waals surface area contributed by atoms with E-state index < -0.39 is 22.5 Å². The van der Waals surface area contributed by atoms with Crippen molar-refractivity contribution in [3.8, 4) is 17.2 Å². The predicted octanol–water partition coefficient (Wildman–Crippen LogP) is 3.51. The Bertz CT molecular complexity index is 1340. The van der Waals surface area contributed by atoms with Crippen molar-refractivity contribution in [3.63, 3.8) is 0 Å². The average molecular weight is 510 g/mol. The van der Waals surface area contributed by atoms with Crippen LogP contribution in [0.15, 0.2) is 76.7 Å². The van der Waals surface area contributed by atoms with Gasteiger partial charge in [-0.25, -0.2) is 13.8 Å². The minimum absolute atomic E-state index is 0.0753. The lowest BCUT2D eigenvalue weighted by molar-refractivity contribution is -0.119. The molecule has 0 saturated heterocycles. The van der Waals surface area contributed by atoms with Crippen molar-refractivity contribution in [2.75, 3.05) is 30.7 Å². The highest BCUT2D eigenvalue weighted by Crippen LogP contribution is 2.32. The van der Waals surface area contributed by atoms with Crippen LogP contribution in [0.4, 0.5) is 5.69 Å². The number of aryl methyl sites for hydroxylation is 1. The van der Waals surface area contributed by atoms with E-state index in [9.17, 15) is 13.2 Å². The number of hydrazone groups is 1. The van der Waals surface area contributed by atoms with Crippen LogP contribution in [0.3, 0.4) is 0 Å². The Hall–Kier alpha value is -4.05.